The Morgan fingerprint density at radius 2 is 1.61 bits per heavy atom. The summed E-state index contributed by atoms with van der Waals surface area (Å²) in [6.45, 7) is 0.495. The Hall–Kier alpha value is -2.51. The molecular formula is C21H24N2O8S2. The number of fused-ring (bicyclic) bond motifs is 1. The summed E-state index contributed by atoms with van der Waals surface area (Å²) in [6.07, 6.45) is 0.922. The van der Waals surface area contributed by atoms with E-state index in [0.717, 1.165) is 6.26 Å². The first-order valence-corrected chi connectivity index (χ1v) is 13.6. The summed E-state index contributed by atoms with van der Waals surface area (Å²) in [7, 11) is -7.06. The van der Waals surface area contributed by atoms with E-state index in [-0.39, 0.29) is 34.9 Å². The van der Waals surface area contributed by atoms with E-state index >= 15 is 0 Å². The van der Waals surface area contributed by atoms with Gasteiger partial charge in [-0.15, -0.1) is 0 Å². The van der Waals surface area contributed by atoms with Gasteiger partial charge in [-0.05, 0) is 61.4 Å². The number of ether oxygens (including phenoxy) is 2. The number of hydroxylamine groups is 1. The molecule has 4 rings (SSSR count). The largest absolute Gasteiger partial charge is 0.457 e. The van der Waals surface area contributed by atoms with Gasteiger partial charge in [-0.25, -0.2) is 22.3 Å². The molecule has 33 heavy (non-hydrogen) atoms. The maximum absolute atomic E-state index is 13.1. The average molecular weight is 497 g/mol. The Morgan fingerprint density at radius 1 is 1.03 bits per heavy atom. The Kier molecular flexibility index (Phi) is 6.47. The fourth-order valence-electron chi connectivity index (χ4n) is 4.10. The van der Waals surface area contributed by atoms with Crippen LogP contribution in [-0.2, 0) is 29.4 Å². The maximum atomic E-state index is 13.1. The molecular weight excluding hydrogens is 472 g/mol. The number of hydrogen-bond donors (Lipinski definition) is 2. The van der Waals surface area contributed by atoms with Gasteiger partial charge in [0.15, 0.2) is 9.84 Å². The standard InChI is InChI=1S/C21H24N2O8S2/c1-32(26,27)17-6-2-15(3-7-17)30-16-4-8-18(9-5-16)33(28,29)23-11-10-19-14(13-23)12-20(31-19)21(24)22-25/h2-9,14,19-20,25H,10-13H2,1H3,(H,22,24). The van der Waals surface area contributed by atoms with Crippen molar-refractivity contribution in [3.05, 3.63) is 48.5 Å². The van der Waals surface area contributed by atoms with Gasteiger partial charge in [-0.3, -0.25) is 10.0 Å². The second-order valence-corrected chi connectivity index (χ2v) is 12.1. The van der Waals surface area contributed by atoms with E-state index in [0.29, 0.717) is 24.3 Å². The van der Waals surface area contributed by atoms with Crippen molar-refractivity contribution in [3.8, 4) is 11.5 Å². The number of nitrogens with one attached hydrogen (secondary N) is 1. The zero-order chi connectivity index (χ0) is 23.8. The van der Waals surface area contributed by atoms with Gasteiger partial charge in [0.25, 0.3) is 5.91 Å². The van der Waals surface area contributed by atoms with Crippen molar-refractivity contribution >= 4 is 25.8 Å². The van der Waals surface area contributed by atoms with Crippen LogP contribution in [0.4, 0.5) is 0 Å². The average Bonchev–Trinajstić information content (AvgIpc) is 3.22. The van der Waals surface area contributed by atoms with Crippen LogP contribution in [0.25, 0.3) is 0 Å². The van der Waals surface area contributed by atoms with E-state index in [4.69, 9.17) is 14.7 Å². The molecule has 2 N–H and O–H groups in total. The third kappa shape index (κ3) is 5.04. The van der Waals surface area contributed by atoms with Gasteiger partial charge >= 0.3 is 0 Å². The first kappa shape index (κ1) is 23.6. The van der Waals surface area contributed by atoms with Crippen molar-refractivity contribution in [1.82, 2.24) is 9.79 Å². The molecule has 2 heterocycles. The summed E-state index contributed by atoms with van der Waals surface area (Å²) in [5, 5.41) is 8.80. The van der Waals surface area contributed by atoms with Gasteiger partial charge in [0.05, 0.1) is 15.9 Å². The highest BCUT2D eigenvalue weighted by Gasteiger charge is 2.44. The molecule has 12 heteroatoms. The van der Waals surface area contributed by atoms with Gasteiger partial charge in [-0.1, -0.05) is 0 Å². The molecule has 0 aromatic heterocycles. The van der Waals surface area contributed by atoms with E-state index in [9.17, 15) is 21.6 Å². The van der Waals surface area contributed by atoms with Crippen LogP contribution in [0.3, 0.4) is 0 Å². The maximum Gasteiger partial charge on any atom is 0.272 e. The second kappa shape index (κ2) is 9.03. The lowest BCUT2D eigenvalue weighted by Gasteiger charge is -2.33. The highest BCUT2D eigenvalue weighted by Crippen LogP contribution is 2.35. The number of piperidine rings is 1. The normalized spacial score (nSPS) is 23.6. The van der Waals surface area contributed by atoms with Gasteiger partial charge < -0.3 is 9.47 Å². The topological polar surface area (TPSA) is 139 Å². The molecule has 0 spiro atoms. The Morgan fingerprint density at radius 3 is 2.15 bits per heavy atom. The van der Waals surface area contributed by atoms with Gasteiger partial charge in [-0.2, -0.15) is 4.31 Å². The number of sulfone groups is 1. The number of amides is 1. The van der Waals surface area contributed by atoms with Crippen molar-refractivity contribution in [2.75, 3.05) is 19.3 Å². The second-order valence-electron chi connectivity index (χ2n) is 8.10. The summed E-state index contributed by atoms with van der Waals surface area (Å²) in [6, 6.07) is 11.9. The monoisotopic (exact) mass is 496 g/mol. The van der Waals surface area contributed by atoms with E-state index in [1.165, 1.54) is 52.8 Å². The Bertz CT molecular complexity index is 1230. The first-order valence-electron chi connectivity index (χ1n) is 10.3. The van der Waals surface area contributed by atoms with Crippen LogP contribution in [0.5, 0.6) is 11.5 Å². The number of carbonyl (C=O) groups is 1. The lowest BCUT2D eigenvalue weighted by atomic mass is 9.94. The molecule has 2 fully saturated rings. The molecule has 178 valence electrons. The fourth-order valence-corrected chi connectivity index (χ4v) is 6.25. The Labute approximate surface area is 192 Å². The third-order valence-electron chi connectivity index (χ3n) is 5.83. The zero-order valence-electron chi connectivity index (χ0n) is 17.7. The molecule has 10 nitrogen and oxygen atoms in total. The summed E-state index contributed by atoms with van der Waals surface area (Å²) in [4.78, 5) is 11.9. The highest BCUT2D eigenvalue weighted by molar-refractivity contribution is 7.90. The minimum absolute atomic E-state index is 0.115. The van der Waals surface area contributed by atoms with Crippen LogP contribution in [0.15, 0.2) is 58.3 Å². The van der Waals surface area contributed by atoms with Gasteiger partial charge in [0.1, 0.15) is 17.6 Å². The number of sulfonamides is 1. The number of carbonyl (C=O) groups excluding carboxylic acids is 1. The molecule has 2 aliphatic rings. The number of rotatable bonds is 6. The summed E-state index contributed by atoms with van der Waals surface area (Å²) in [5.41, 5.74) is 1.58. The first-order chi connectivity index (χ1) is 15.6. The predicted octanol–water partition coefficient (Wildman–Crippen LogP) is 1.56. The summed E-state index contributed by atoms with van der Waals surface area (Å²) >= 11 is 0. The molecule has 0 radical (unpaired) electrons. The van der Waals surface area contributed by atoms with Gasteiger partial charge in [0.2, 0.25) is 10.0 Å². The molecule has 2 saturated heterocycles. The molecule has 1 amide bonds. The van der Waals surface area contributed by atoms with Crippen LogP contribution >= 0.6 is 0 Å². The number of nitrogens with zero attached hydrogens (tertiary/aromatic N) is 1. The summed E-state index contributed by atoms with van der Waals surface area (Å²) in [5.74, 6) is 0.0679. The SMILES string of the molecule is CS(=O)(=O)c1ccc(Oc2ccc(S(=O)(=O)N3CCC4OC(C(=O)NO)CC4C3)cc2)cc1. The van der Waals surface area contributed by atoms with Crippen molar-refractivity contribution in [3.63, 3.8) is 0 Å². The molecule has 0 aliphatic carbocycles. The van der Waals surface area contributed by atoms with Crippen LogP contribution in [-0.4, -0.2) is 63.8 Å². The summed E-state index contributed by atoms with van der Waals surface area (Å²) < 4.78 is 62.0. The quantitative estimate of drug-likeness (QED) is 0.454. The molecule has 2 aromatic carbocycles. The number of benzene rings is 2. The lowest BCUT2D eigenvalue weighted by molar-refractivity contribution is -0.141. The van der Waals surface area contributed by atoms with Crippen LogP contribution in [0.1, 0.15) is 12.8 Å². The minimum atomic E-state index is -3.75. The van der Waals surface area contributed by atoms with Crippen molar-refractivity contribution < 1.29 is 36.3 Å². The van der Waals surface area contributed by atoms with Crippen molar-refractivity contribution in [2.24, 2.45) is 5.92 Å². The van der Waals surface area contributed by atoms with Crippen molar-refractivity contribution in [2.45, 2.75) is 34.8 Å². The van der Waals surface area contributed by atoms with E-state index in [1.54, 1.807) is 5.48 Å². The molecule has 2 aromatic rings. The molecule has 0 bridgehead atoms. The third-order valence-corrected chi connectivity index (χ3v) is 8.84. The van der Waals surface area contributed by atoms with Crippen molar-refractivity contribution in [1.29, 1.82) is 0 Å². The van der Waals surface area contributed by atoms with Crippen LogP contribution in [0.2, 0.25) is 0 Å². The smallest absolute Gasteiger partial charge is 0.272 e. The zero-order valence-corrected chi connectivity index (χ0v) is 19.4. The fraction of sp³-hybridized carbons (Fsp3) is 0.381. The molecule has 2 aliphatic heterocycles. The predicted molar refractivity (Wildman–Crippen MR) is 116 cm³/mol. The minimum Gasteiger partial charge on any atom is -0.457 e. The molecule has 0 saturated carbocycles. The van der Waals surface area contributed by atoms with Crippen LogP contribution < -0.4 is 10.2 Å². The highest BCUT2D eigenvalue weighted by atomic mass is 32.2. The number of hydrogen-bond acceptors (Lipinski definition) is 8. The van der Waals surface area contributed by atoms with Crippen LogP contribution in [0, 0.1) is 5.92 Å². The van der Waals surface area contributed by atoms with E-state index in [2.05, 4.69) is 0 Å². The molecule has 3 unspecified atom stereocenters. The Balaban J connectivity index is 1.42. The van der Waals surface area contributed by atoms with E-state index < -0.39 is 31.9 Å². The van der Waals surface area contributed by atoms with E-state index in [1.807, 2.05) is 0 Å². The van der Waals surface area contributed by atoms with Gasteiger partial charge in [0, 0.05) is 25.3 Å². The lowest BCUT2D eigenvalue weighted by Crippen LogP contribution is -2.44. The molecule has 3 atom stereocenters.